The van der Waals surface area contributed by atoms with Crippen LogP contribution < -0.4 is 21.3 Å². The van der Waals surface area contributed by atoms with Gasteiger partial charge in [0.1, 0.15) is 5.84 Å². The Balaban J connectivity index is 1.29. The molecule has 1 aliphatic heterocycles. The summed E-state index contributed by atoms with van der Waals surface area (Å²) in [4.78, 5) is 29.2. The van der Waals surface area contributed by atoms with Crippen LogP contribution in [0.2, 0.25) is 0 Å². The predicted molar refractivity (Wildman–Crippen MR) is 131 cm³/mol. The first-order valence-electron chi connectivity index (χ1n) is 11.3. The molecule has 0 unspecified atom stereocenters. The standard InChI is InChI=1S/C25H30N6O2/c1-16(32)30-19-9-12-31(13-10-19)20-5-3-18(4-6-20)25(33)28-11-8-17-2-7-23-21(14-17)22(15-29-23)24(26)27/h2-7,14-15,19,29H,8-13H2,1H3,(H3,26,27)(H,28,33)(H,30,32). The van der Waals surface area contributed by atoms with Crippen LogP contribution in [0.25, 0.3) is 10.9 Å². The fourth-order valence-corrected chi connectivity index (χ4v) is 4.36. The van der Waals surface area contributed by atoms with E-state index in [0.717, 1.165) is 48.1 Å². The molecule has 0 bridgehead atoms. The molecule has 2 amide bonds. The van der Waals surface area contributed by atoms with Gasteiger partial charge < -0.3 is 26.3 Å². The summed E-state index contributed by atoms with van der Waals surface area (Å²) in [6.45, 7) is 3.84. The van der Waals surface area contributed by atoms with Gasteiger partial charge in [-0.2, -0.15) is 0 Å². The number of nitrogens with two attached hydrogens (primary N) is 1. The third-order valence-corrected chi connectivity index (χ3v) is 6.13. The zero-order valence-corrected chi connectivity index (χ0v) is 18.8. The molecule has 0 radical (unpaired) electrons. The van der Waals surface area contributed by atoms with Crippen molar-refractivity contribution in [3.63, 3.8) is 0 Å². The van der Waals surface area contributed by atoms with Gasteiger partial charge in [-0.3, -0.25) is 15.0 Å². The minimum absolute atomic E-state index is 0.0228. The number of hydrogen-bond donors (Lipinski definition) is 5. The van der Waals surface area contributed by atoms with Gasteiger partial charge >= 0.3 is 0 Å². The lowest BCUT2D eigenvalue weighted by Gasteiger charge is -2.33. The van der Waals surface area contributed by atoms with E-state index in [4.69, 9.17) is 11.1 Å². The number of amides is 2. The highest BCUT2D eigenvalue weighted by Crippen LogP contribution is 2.21. The fraction of sp³-hybridized carbons (Fsp3) is 0.320. The number of benzene rings is 2. The molecular weight excluding hydrogens is 416 g/mol. The first-order valence-corrected chi connectivity index (χ1v) is 11.3. The van der Waals surface area contributed by atoms with E-state index in [1.807, 2.05) is 42.5 Å². The summed E-state index contributed by atoms with van der Waals surface area (Å²) in [7, 11) is 0. The zero-order valence-electron chi connectivity index (χ0n) is 18.8. The minimum atomic E-state index is -0.0990. The van der Waals surface area contributed by atoms with Crippen LogP contribution in [-0.2, 0) is 11.2 Å². The van der Waals surface area contributed by atoms with Crippen molar-refractivity contribution in [2.75, 3.05) is 24.5 Å². The largest absolute Gasteiger partial charge is 0.384 e. The molecule has 2 aromatic carbocycles. The van der Waals surface area contributed by atoms with E-state index in [-0.39, 0.29) is 23.7 Å². The van der Waals surface area contributed by atoms with Gasteiger partial charge in [0.25, 0.3) is 5.91 Å². The van der Waals surface area contributed by atoms with Crippen LogP contribution in [-0.4, -0.2) is 48.3 Å². The average Bonchev–Trinajstić information content (AvgIpc) is 3.23. The number of rotatable bonds is 7. The quantitative estimate of drug-likeness (QED) is 0.282. The molecule has 0 spiro atoms. The van der Waals surface area contributed by atoms with Gasteiger partial charge in [0.2, 0.25) is 5.91 Å². The summed E-state index contributed by atoms with van der Waals surface area (Å²) in [6.07, 6.45) is 4.27. The first kappa shape index (κ1) is 22.4. The van der Waals surface area contributed by atoms with Crippen LogP contribution in [0.15, 0.2) is 48.7 Å². The van der Waals surface area contributed by atoms with E-state index < -0.39 is 0 Å². The molecule has 0 aliphatic carbocycles. The number of carbonyl (C=O) groups excluding carboxylic acids is 2. The van der Waals surface area contributed by atoms with Gasteiger partial charge in [-0.1, -0.05) is 6.07 Å². The van der Waals surface area contributed by atoms with E-state index in [1.165, 1.54) is 0 Å². The number of piperidine rings is 1. The maximum Gasteiger partial charge on any atom is 0.251 e. The minimum Gasteiger partial charge on any atom is -0.384 e. The molecule has 1 fully saturated rings. The average molecular weight is 447 g/mol. The number of amidine groups is 1. The van der Waals surface area contributed by atoms with Crippen molar-refractivity contribution in [3.8, 4) is 0 Å². The van der Waals surface area contributed by atoms with Gasteiger partial charge in [-0.25, -0.2) is 0 Å². The third-order valence-electron chi connectivity index (χ3n) is 6.13. The Labute approximate surface area is 193 Å². The van der Waals surface area contributed by atoms with Crippen molar-refractivity contribution in [1.29, 1.82) is 5.41 Å². The second kappa shape index (κ2) is 9.77. The lowest BCUT2D eigenvalue weighted by Crippen LogP contribution is -2.44. The van der Waals surface area contributed by atoms with Gasteiger partial charge in [0, 0.05) is 66.5 Å². The summed E-state index contributed by atoms with van der Waals surface area (Å²) in [5.41, 5.74) is 10.1. The smallest absolute Gasteiger partial charge is 0.251 e. The van der Waals surface area contributed by atoms with E-state index in [9.17, 15) is 9.59 Å². The number of carbonyl (C=O) groups is 2. The monoisotopic (exact) mass is 446 g/mol. The molecule has 172 valence electrons. The molecule has 0 atom stereocenters. The van der Waals surface area contributed by atoms with Crippen molar-refractivity contribution in [1.82, 2.24) is 15.6 Å². The topological polar surface area (TPSA) is 127 Å². The van der Waals surface area contributed by atoms with E-state index >= 15 is 0 Å². The summed E-state index contributed by atoms with van der Waals surface area (Å²) < 4.78 is 0. The third kappa shape index (κ3) is 5.34. The van der Waals surface area contributed by atoms with Crippen LogP contribution in [0.1, 0.15) is 41.3 Å². The predicted octanol–water partition coefficient (Wildman–Crippen LogP) is 2.53. The van der Waals surface area contributed by atoms with Gasteiger partial charge in [0.15, 0.2) is 0 Å². The number of H-pyrrole nitrogens is 1. The SMILES string of the molecule is CC(=O)NC1CCN(c2ccc(C(=O)NCCc3ccc4[nH]cc(C(=N)N)c4c3)cc2)CC1. The summed E-state index contributed by atoms with van der Waals surface area (Å²) in [6, 6.07) is 13.9. The number of aromatic amines is 1. The Kier molecular flexibility index (Phi) is 6.63. The molecule has 3 aromatic rings. The molecule has 1 aliphatic rings. The lowest BCUT2D eigenvalue weighted by molar-refractivity contribution is -0.119. The number of nitrogen functional groups attached to an aromatic ring is 1. The fourth-order valence-electron chi connectivity index (χ4n) is 4.36. The molecule has 2 heterocycles. The molecule has 1 saturated heterocycles. The zero-order chi connectivity index (χ0) is 23.4. The highest BCUT2D eigenvalue weighted by atomic mass is 16.2. The van der Waals surface area contributed by atoms with E-state index in [1.54, 1.807) is 13.1 Å². The van der Waals surface area contributed by atoms with Crippen LogP contribution in [0.3, 0.4) is 0 Å². The highest BCUT2D eigenvalue weighted by molar-refractivity contribution is 6.07. The van der Waals surface area contributed by atoms with Crippen molar-refractivity contribution in [2.45, 2.75) is 32.2 Å². The highest BCUT2D eigenvalue weighted by Gasteiger charge is 2.20. The lowest BCUT2D eigenvalue weighted by atomic mass is 10.0. The van der Waals surface area contributed by atoms with Crippen LogP contribution in [0.4, 0.5) is 5.69 Å². The number of nitrogens with zero attached hydrogens (tertiary/aromatic N) is 1. The number of aromatic nitrogens is 1. The van der Waals surface area contributed by atoms with Gasteiger partial charge in [-0.15, -0.1) is 0 Å². The van der Waals surface area contributed by atoms with Crippen LogP contribution >= 0.6 is 0 Å². The van der Waals surface area contributed by atoms with E-state index in [0.29, 0.717) is 24.1 Å². The van der Waals surface area contributed by atoms with Crippen LogP contribution in [0, 0.1) is 5.41 Å². The second-order valence-electron chi connectivity index (χ2n) is 8.51. The first-order chi connectivity index (χ1) is 15.9. The Morgan fingerprint density at radius 2 is 1.88 bits per heavy atom. The van der Waals surface area contributed by atoms with Crippen molar-refractivity contribution in [3.05, 3.63) is 65.4 Å². The van der Waals surface area contributed by atoms with Crippen molar-refractivity contribution < 1.29 is 9.59 Å². The molecular formula is C25H30N6O2. The van der Waals surface area contributed by atoms with Gasteiger partial charge in [0.05, 0.1) is 0 Å². The second-order valence-corrected chi connectivity index (χ2v) is 8.51. The molecule has 8 nitrogen and oxygen atoms in total. The molecule has 0 saturated carbocycles. The van der Waals surface area contributed by atoms with Crippen molar-refractivity contribution >= 4 is 34.2 Å². The molecule has 1 aromatic heterocycles. The maximum atomic E-state index is 12.6. The summed E-state index contributed by atoms with van der Waals surface area (Å²) >= 11 is 0. The molecule has 33 heavy (non-hydrogen) atoms. The number of nitrogens with one attached hydrogen (secondary N) is 4. The van der Waals surface area contributed by atoms with E-state index in [2.05, 4.69) is 20.5 Å². The summed E-state index contributed by atoms with van der Waals surface area (Å²) in [5, 5.41) is 14.6. The number of fused-ring (bicyclic) bond motifs is 1. The molecule has 6 N–H and O–H groups in total. The Morgan fingerprint density at radius 1 is 1.15 bits per heavy atom. The van der Waals surface area contributed by atoms with Crippen LogP contribution in [0.5, 0.6) is 0 Å². The molecule has 4 rings (SSSR count). The Morgan fingerprint density at radius 3 is 2.55 bits per heavy atom. The van der Waals surface area contributed by atoms with Gasteiger partial charge in [-0.05, 0) is 61.2 Å². The normalized spacial score (nSPS) is 14.3. The Bertz CT molecular complexity index is 1160. The Hall–Kier alpha value is -3.81. The summed E-state index contributed by atoms with van der Waals surface area (Å²) in [5.74, 6) is -0.0417. The number of hydrogen-bond acceptors (Lipinski definition) is 4. The molecule has 8 heteroatoms. The number of anilines is 1. The maximum absolute atomic E-state index is 12.6. The van der Waals surface area contributed by atoms with Crippen molar-refractivity contribution in [2.24, 2.45) is 5.73 Å².